The molecule has 11 rings (SSSR count). The van der Waals surface area contributed by atoms with E-state index in [-0.39, 0.29) is 30.0 Å². The first kappa shape index (κ1) is 40.4. The lowest BCUT2D eigenvalue weighted by Gasteiger charge is -2.36. The maximum absolute atomic E-state index is 13.3. The van der Waals surface area contributed by atoms with Crippen molar-refractivity contribution in [3.63, 3.8) is 0 Å². The van der Waals surface area contributed by atoms with Crippen LogP contribution in [0.2, 0.25) is 0 Å². The number of imide groups is 1. The normalized spacial score (nSPS) is 20.8. The zero-order valence-electron chi connectivity index (χ0n) is 36.0. The van der Waals surface area contributed by atoms with Crippen LogP contribution in [-0.4, -0.2) is 104 Å². The predicted molar refractivity (Wildman–Crippen MR) is 246 cm³/mol. The van der Waals surface area contributed by atoms with Gasteiger partial charge in [-0.2, -0.15) is 0 Å². The number of imidazole rings is 2. The van der Waals surface area contributed by atoms with Crippen molar-refractivity contribution in [3.05, 3.63) is 119 Å². The van der Waals surface area contributed by atoms with Gasteiger partial charge in [-0.3, -0.25) is 38.7 Å². The predicted octanol–water partition coefficient (Wildman–Crippen LogP) is 4.57. The van der Waals surface area contributed by atoms with Crippen molar-refractivity contribution < 1.29 is 19.1 Å². The number of piperidine rings is 1. The molecule has 0 spiro atoms. The van der Waals surface area contributed by atoms with Gasteiger partial charge in [-0.1, -0.05) is 36.4 Å². The summed E-state index contributed by atoms with van der Waals surface area (Å²) in [5, 5.41) is 16.9. The second-order valence-electron chi connectivity index (χ2n) is 17.4. The molecule has 17 nitrogen and oxygen atoms in total. The van der Waals surface area contributed by atoms with Crippen LogP contribution in [0.5, 0.6) is 0 Å². The van der Waals surface area contributed by atoms with E-state index in [2.05, 4.69) is 72.4 Å². The Labute approximate surface area is 373 Å². The van der Waals surface area contributed by atoms with E-state index in [1.807, 2.05) is 61.8 Å². The van der Waals surface area contributed by atoms with Crippen LogP contribution < -0.4 is 31.9 Å². The van der Waals surface area contributed by atoms with E-state index >= 15 is 0 Å². The zero-order chi connectivity index (χ0) is 44.3. The van der Waals surface area contributed by atoms with E-state index in [1.165, 1.54) is 4.57 Å². The number of aromatic nitrogens is 6. The van der Waals surface area contributed by atoms with E-state index in [4.69, 9.17) is 14.8 Å². The van der Waals surface area contributed by atoms with Crippen molar-refractivity contribution in [2.24, 2.45) is 18.9 Å². The summed E-state index contributed by atoms with van der Waals surface area (Å²) in [6.07, 6.45) is 4.03. The Kier molecular flexibility index (Phi) is 10.1. The molecule has 4 aliphatic rings. The topological polar surface area (TPSA) is 185 Å². The number of nitrogens with one attached hydrogen (secondary N) is 4. The van der Waals surface area contributed by atoms with Crippen molar-refractivity contribution in [3.8, 4) is 22.4 Å². The molecule has 4 N–H and O–H groups in total. The molecule has 3 aromatic carbocycles. The Balaban J connectivity index is 0.704. The fourth-order valence-electron chi connectivity index (χ4n) is 9.70. The number of anilines is 4. The van der Waals surface area contributed by atoms with E-state index < -0.39 is 11.9 Å². The van der Waals surface area contributed by atoms with Gasteiger partial charge < -0.3 is 25.6 Å². The zero-order valence-corrected chi connectivity index (χ0v) is 36.0. The highest BCUT2D eigenvalue weighted by Gasteiger charge is 2.55. The summed E-state index contributed by atoms with van der Waals surface area (Å²) in [6.45, 7) is 5.84. The highest BCUT2D eigenvalue weighted by atomic mass is 16.5. The fraction of sp³-hybridized carbons (Fsp3) is 0.312. The lowest BCUT2D eigenvalue weighted by atomic mass is 10.0. The monoisotopic (exact) mass is 872 g/mol. The summed E-state index contributed by atoms with van der Waals surface area (Å²) in [7, 11) is 3.53. The molecule has 1 aliphatic carbocycles. The lowest BCUT2D eigenvalue weighted by molar-refractivity contribution is -0.135. The number of nitrogens with zero attached hydrogens (tertiary/aromatic N) is 8. The van der Waals surface area contributed by atoms with Gasteiger partial charge in [0.25, 0.3) is 5.91 Å². The van der Waals surface area contributed by atoms with Crippen LogP contribution in [0.4, 0.5) is 22.9 Å². The molecule has 1 saturated carbocycles. The Morgan fingerprint density at radius 1 is 0.846 bits per heavy atom. The van der Waals surface area contributed by atoms with Crippen LogP contribution in [0.15, 0.2) is 102 Å². The Morgan fingerprint density at radius 3 is 2.40 bits per heavy atom. The number of aryl methyl sites for hydroxylation is 1. The molecule has 2 unspecified atom stereocenters. The number of hydrogen-bond acceptors (Lipinski definition) is 12. The highest BCUT2D eigenvalue weighted by molar-refractivity contribution is 6.00. The molecule has 0 radical (unpaired) electrons. The molecule has 7 heterocycles. The quantitative estimate of drug-likeness (QED) is 0.133. The van der Waals surface area contributed by atoms with Crippen molar-refractivity contribution in [2.45, 2.75) is 31.5 Å². The Morgan fingerprint density at radius 2 is 1.65 bits per heavy atom. The standard InChI is InChI=1S/C48H48N12O5/c1-49-37-22-42(55-60-41(24-51-45(37)60)47(63)54-44-34-26-65-27-35(34)44)52-32-5-3-4-31(20-32)36-12-6-28(23-50-36)25-57-16-18-58(19-17-57)33-10-7-29(8-11-33)30-9-13-38-40(21-30)56(2)48(64)59(38)39-14-15-43(61)53-46(39)62/h3-13,20-24,34-35,39,44,49H,14-19,25-27H2,1-2H3,(H,52,55)(H,54,63)(H,53,61,62)/t34-,35+,39?,44?. The third-order valence-electron chi connectivity index (χ3n) is 13.4. The summed E-state index contributed by atoms with van der Waals surface area (Å²) >= 11 is 0. The number of rotatable bonds is 11. The number of amides is 3. The van der Waals surface area contributed by atoms with Gasteiger partial charge in [-0.15, -0.1) is 5.10 Å². The molecular weight excluding hydrogens is 825 g/mol. The first-order valence-corrected chi connectivity index (χ1v) is 22.1. The molecule has 17 heteroatoms. The number of benzene rings is 3. The van der Waals surface area contributed by atoms with Gasteiger partial charge in [0.2, 0.25) is 11.8 Å². The van der Waals surface area contributed by atoms with E-state index in [1.54, 1.807) is 22.3 Å². The van der Waals surface area contributed by atoms with Crippen LogP contribution >= 0.6 is 0 Å². The molecule has 4 fully saturated rings. The summed E-state index contributed by atoms with van der Waals surface area (Å²) in [5.74, 6) is 0.405. The van der Waals surface area contributed by atoms with Crippen molar-refractivity contribution in [2.75, 3.05) is 62.0 Å². The Bertz CT molecular complexity index is 3050. The van der Waals surface area contributed by atoms with Crippen LogP contribution in [0, 0.1) is 11.8 Å². The molecule has 4 aromatic heterocycles. The number of ether oxygens (including phenoxy) is 1. The van der Waals surface area contributed by atoms with Gasteiger partial charge in [0, 0.05) is 100 Å². The fourth-order valence-corrected chi connectivity index (χ4v) is 9.70. The van der Waals surface area contributed by atoms with E-state index in [9.17, 15) is 19.2 Å². The molecule has 3 amide bonds. The number of hydrogen-bond donors (Lipinski definition) is 4. The van der Waals surface area contributed by atoms with Crippen LogP contribution in [0.3, 0.4) is 0 Å². The number of carbonyl (C=O) groups excluding carboxylic acids is 3. The number of piperazine rings is 1. The van der Waals surface area contributed by atoms with Crippen molar-refractivity contribution >= 4 is 57.3 Å². The SMILES string of the molecule is CNc1cc(Nc2cccc(-c3ccc(CN4CCN(c5ccc(-c6ccc7c(c6)n(C)c(=O)n7C6CCC(=O)NC6=O)cc5)CC4)cn3)c2)nn2c(C(=O)NC3[C@H]4COC[C@@H]34)cnc12. The molecule has 3 aliphatic heterocycles. The van der Waals surface area contributed by atoms with Crippen molar-refractivity contribution in [1.29, 1.82) is 0 Å². The number of carbonyl (C=O) groups is 3. The van der Waals surface area contributed by atoms with Gasteiger partial charge in [-0.05, 0) is 65.6 Å². The number of fused-ring (bicyclic) bond motifs is 3. The highest BCUT2D eigenvalue weighted by Crippen LogP contribution is 2.44. The van der Waals surface area contributed by atoms with Crippen LogP contribution in [-0.2, 0) is 27.9 Å². The molecule has 3 saturated heterocycles. The van der Waals surface area contributed by atoms with Gasteiger partial charge in [-0.25, -0.2) is 14.3 Å². The van der Waals surface area contributed by atoms with Gasteiger partial charge in [0.05, 0.1) is 41.8 Å². The van der Waals surface area contributed by atoms with E-state index in [0.717, 1.165) is 83.3 Å². The van der Waals surface area contributed by atoms with Crippen molar-refractivity contribution in [1.82, 2.24) is 44.2 Å². The molecule has 0 bridgehead atoms. The molecule has 4 atom stereocenters. The molecule has 65 heavy (non-hydrogen) atoms. The summed E-state index contributed by atoms with van der Waals surface area (Å²) in [6, 6.07) is 27.9. The van der Waals surface area contributed by atoms with Gasteiger partial charge in [0.1, 0.15) is 6.04 Å². The minimum Gasteiger partial charge on any atom is -0.385 e. The third kappa shape index (κ3) is 7.55. The average molecular weight is 873 g/mol. The molecule has 330 valence electrons. The Hall–Kier alpha value is -7.37. The second kappa shape index (κ2) is 16.3. The maximum atomic E-state index is 13.3. The first-order chi connectivity index (χ1) is 31.7. The minimum absolute atomic E-state index is 0.139. The average Bonchev–Trinajstić information content (AvgIpc) is 3.66. The smallest absolute Gasteiger partial charge is 0.329 e. The van der Waals surface area contributed by atoms with Crippen LogP contribution in [0.1, 0.15) is 34.9 Å². The van der Waals surface area contributed by atoms with Crippen LogP contribution in [0.25, 0.3) is 39.1 Å². The first-order valence-electron chi connectivity index (χ1n) is 22.1. The summed E-state index contributed by atoms with van der Waals surface area (Å²) in [5.41, 5.74) is 9.80. The second-order valence-corrected chi connectivity index (χ2v) is 17.4. The minimum atomic E-state index is -0.713. The van der Waals surface area contributed by atoms with E-state index in [0.29, 0.717) is 54.1 Å². The molecule has 7 aromatic rings. The lowest BCUT2D eigenvalue weighted by Crippen LogP contribution is -2.45. The summed E-state index contributed by atoms with van der Waals surface area (Å²) in [4.78, 5) is 65.1. The molecular formula is C48H48N12O5. The van der Waals surface area contributed by atoms with Gasteiger partial charge >= 0.3 is 5.69 Å². The van der Waals surface area contributed by atoms with Gasteiger partial charge in [0.15, 0.2) is 17.2 Å². The largest absolute Gasteiger partial charge is 0.385 e. The number of pyridine rings is 1. The third-order valence-corrected chi connectivity index (χ3v) is 13.4. The maximum Gasteiger partial charge on any atom is 0.329 e. The summed E-state index contributed by atoms with van der Waals surface area (Å²) < 4.78 is 10.1.